The molecule has 0 aliphatic heterocycles. The summed E-state index contributed by atoms with van der Waals surface area (Å²) in [5, 5.41) is 11.9. The van der Waals surface area contributed by atoms with Gasteiger partial charge in [-0.1, -0.05) is 6.07 Å². The molecule has 0 unspecified atom stereocenters. The molecule has 0 aliphatic rings. The molecule has 2 aromatic rings. The highest BCUT2D eigenvalue weighted by Gasteiger charge is 2.12. The van der Waals surface area contributed by atoms with Crippen LogP contribution in [0.3, 0.4) is 0 Å². The smallest absolute Gasteiger partial charge is 0.315 e. The van der Waals surface area contributed by atoms with Gasteiger partial charge in [-0.3, -0.25) is 4.68 Å². The summed E-state index contributed by atoms with van der Waals surface area (Å²) in [7, 11) is 0. The number of nitrogens with zero attached hydrogens (tertiary/aromatic N) is 2. The third kappa shape index (κ3) is 4.10. The summed E-state index contributed by atoms with van der Waals surface area (Å²) in [6.07, 6.45) is 3.61. The second-order valence-electron chi connectivity index (χ2n) is 4.48. The van der Waals surface area contributed by atoms with Crippen molar-refractivity contribution in [2.75, 3.05) is 0 Å². The molecule has 0 radical (unpaired) electrons. The number of hydrogen-bond donors (Lipinski definition) is 2. The van der Waals surface area contributed by atoms with Crippen molar-refractivity contribution in [3.05, 3.63) is 40.8 Å². The standard InChI is InChI=1S/C13H18N4OS/c1-10(9-17-7-4-6-14-17)15-13(18)16-11(2)12-5-3-8-19-12/h3-8,10-11H,9H2,1-2H3,(H2,15,16,18)/t10-,11-/m0/s1. The zero-order valence-corrected chi connectivity index (χ0v) is 11.9. The largest absolute Gasteiger partial charge is 0.334 e. The van der Waals surface area contributed by atoms with E-state index in [9.17, 15) is 4.79 Å². The lowest BCUT2D eigenvalue weighted by molar-refractivity contribution is 0.233. The van der Waals surface area contributed by atoms with Crippen LogP contribution in [0.4, 0.5) is 4.79 Å². The molecular formula is C13H18N4OS. The number of amides is 2. The number of urea groups is 1. The molecule has 0 aliphatic carbocycles. The molecule has 2 aromatic heterocycles. The molecule has 5 nitrogen and oxygen atoms in total. The maximum absolute atomic E-state index is 11.8. The molecule has 2 N–H and O–H groups in total. The average molecular weight is 278 g/mol. The Morgan fingerprint density at radius 3 is 2.89 bits per heavy atom. The number of aromatic nitrogens is 2. The summed E-state index contributed by atoms with van der Waals surface area (Å²) < 4.78 is 1.80. The van der Waals surface area contributed by atoms with E-state index < -0.39 is 0 Å². The van der Waals surface area contributed by atoms with E-state index in [-0.39, 0.29) is 18.1 Å². The van der Waals surface area contributed by atoms with Crippen LogP contribution in [0, 0.1) is 0 Å². The van der Waals surface area contributed by atoms with Crippen molar-refractivity contribution in [3.8, 4) is 0 Å². The van der Waals surface area contributed by atoms with Crippen LogP contribution < -0.4 is 10.6 Å². The Morgan fingerprint density at radius 2 is 2.26 bits per heavy atom. The van der Waals surface area contributed by atoms with E-state index >= 15 is 0 Å². The number of carbonyl (C=O) groups is 1. The highest BCUT2D eigenvalue weighted by molar-refractivity contribution is 7.10. The molecule has 2 heterocycles. The van der Waals surface area contributed by atoms with Crippen molar-refractivity contribution in [1.29, 1.82) is 0 Å². The topological polar surface area (TPSA) is 59.0 Å². The first-order chi connectivity index (χ1) is 9.15. The first kappa shape index (κ1) is 13.6. The quantitative estimate of drug-likeness (QED) is 0.882. The summed E-state index contributed by atoms with van der Waals surface area (Å²) in [4.78, 5) is 13.0. The predicted octanol–water partition coefficient (Wildman–Crippen LogP) is 2.39. The average Bonchev–Trinajstić information content (AvgIpc) is 3.00. The Labute approximate surface area is 116 Å². The van der Waals surface area contributed by atoms with Gasteiger partial charge in [-0.15, -0.1) is 11.3 Å². The fourth-order valence-corrected chi connectivity index (χ4v) is 2.54. The van der Waals surface area contributed by atoms with Gasteiger partial charge in [-0.05, 0) is 31.4 Å². The predicted molar refractivity (Wildman–Crippen MR) is 76.1 cm³/mol. The number of carbonyl (C=O) groups excluding carboxylic acids is 1. The van der Waals surface area contributed by atoms with E-state index in [0.29, 0.717) is 6.54 Å². The fraction of sp³-hybridized carbons (Fsp3) is 0.385. The lowest BCUT2D eigenvalue weighted by atomic mass is 10.3. The van der Waals surface area contributed by atoms with Gasteiger partial charge in [0.25, 0.3) is 0 Å². The zero-order chi connectivity index (χ0) is 13.7. The van der Waals surface area contributed by atoms with Gasteiger partial charge in [-0.2, -0.15) is 5.10 Å². The number of rotatable bonds is 5. The third-order valence-electron chi connectivity index (χ3n) is 2.72. The van der Waals surface area contributed by atoms with Crippen LogP contribution in [-0.2, 0) is 6.54 Å². The van der Waals surface area contributed by atoms with Crippen molar-refractivity contribution in [2.45, 2.75) is 32.5 Å². The Hall–Kier alpha value is -1.82. The third-order valence-corrected chi connectivity index (χ3v) is 3.77. The minimum Gasteiger partial charge on any atom is -0.334 e. The van der Waals surface area contributed by atoms with Crippen molar-refractivity contribution >= 4 is 17.4 Å². The van der Waals surface area contributed by atoms with Gasteiger partial charge in [0.1, 0.15) is 0 Å². The van der Waals surface area contributed by atoms with E-state index in [1.165, 1.54) is 0 Å². The van der Waals surface area contributed by atoms with E-state index in [1.807, 2.05) is 43.6 Å². The first-order valence-corrected chi connectivity index (χ1v) is 7.11. The highest BCUT2D eigenvalue weighted by Crippen LogP contribution is 2.17. The SMILES string of the molecule is C[C@H](NC(=O)N[C@@H](C)Cn1cccn1)c1cccs1. The monoisotopic (exact) mass is 278 g/mol. The van der Waals surface area contributed by atoms with Crippen LogP contribution in [-0.4, -0.2) is 21.9 Å². The Bertz CT molecular complexity index is 495. The van der Waals surface area contributed by atoms with Gasteiger partial charge in [0.15, 0.2) is 0 Å². The Balaban J connectivity index is 1.77. The number of nitrogens with one attached hydrogen (secondary N) is 2. The molecule has 2 amide bonds. The summed E-state index contributed by atoms with van der Waals surface area (Å²) in [6.45, 7) is 4.59. The number of thiophene rings is 1. The van der Waals surface area contributed by atoms with E-state index in [4.69, 9.17) is 0 Å². The van der Waals surface area contributed by atoms with Gasteiger partial charge in [0.2, 0.25) is 0 Å². The van der Waals surface area contributed by atoms with E-state index in [2.05, 4.69) is 15.7 Å². The molecular weight excluding hydrogens is 260 g/mol. The molecule has 6 heteroatoms. The molecule has 19 heavy (non-hydrogen) atoms. The van der Waals surface area contributed by atoms with E-state index in [1.54, 1.807) is 22.2 Å². The van der Waals surface area contributed by atoms with E-state index in [0.717, 1.165) is 4.88 Å². The van der Waals surface area contributed by atoms with Crippen LogP contribution in [0.1, 0.15) is 24.8 Å². The Morgan fingerprint density at radius 1 is 1.42 bits per heavy atom. The lowest BCUT2D eigenvalue weighted by Crippen LogP contribution is -2.43. The second-order valence-corrected chi connectivity index (χ2v) is 5.46. The molecule has 0 bridgehead atoms. The van der Waals surface area contributed by atoms with Gasteiger partial charge < -0.3 is 10.6 Å². The summed E-state index contributed by atoms with van der Waals surface area (Å²) >= 11 is 1.64. The summed E-state index contributed by atoms with van der Waals surface area (Å²) in [6, 6.07) is 5.76. The van der Waals surface area contributed by atoms with Crippen LogP contribution in [0.25, 0.3) is 0 Å². The van der Waals surface area contributed by atoms with Gasteiger partial charge >= 0.3 is 6.03 Å². The molecule has 0 fully saturated rings. The first-order valence-electron chi connectivity index (χ1n) is 6.23. The lowest BCUT2D eigenvalue weighted by Gasteiger charge is -2.17. The molecule has 2 rings (SSSR count). The Kier molecular flexibility index (Phi) is 4.57. The minimum atomic E-state index is -0.152. The molecule has 0 saturated heterocycles. The second kappa shape index (κ2) is 6.38. The summed E-state index contributed by atoms with van der Waals surface area (Å²) in [5.41, 5.74) is 0. The van der Waals surface area contributed by atoms with Crippen LogP contribution >= 0.6 is 11.3 Å². The molecule has 102 valence electrons. The summed E-state index contributed by atoms with van der Waals surface area (Å²) in [5.74, 6) is 0. The van der Waals surface area contributed by atoms with Gasteiger partial charge in [0, 0.05) is 23.3 Å². The van der Waals surface area contributed by atoms with Crippen LogP contribution in [0.2, 0.25) is 0 Å². The minimum absolute atomic E-state index is 0.0236. The van der Waals surface area contributed by atoms with Crippen molar-refractivity contribution in [3.63, 3.8) is 0 Å². The van der Waals surface area contributed by atoms with Gasteiger partial charge in [0.05, 0.1) is 12.6 Å². The molecule has 0 aromatic carbocycles. The van der Waals surface area contributed by atoms with Crippen molar-refractivity contribution in [2.24, 2.45) is 0 Å². The van der Waals surface area contributed by atoms with Crippen LogP contribution in [0.15, 0.2) is 36.0 Å². The maximum Gasteiger partial charge on any atom is 0.315 e. The number of hydrogen-bond acceptors (Lipinski definition) is 3. The fourth-order valence-electron chi connectivity index (χ4n) is 1.81. The normalized spacial score (nSPS) is 13.8. The highest BCUT2D eigenvalue weighted by atomic mass is 32.1. The van der Waals surface area contributed by atoms with Crippen LogP contribution in [0.5, 0.6) is 0 Å². The zero-order valence-electron chi connectivity index (χ0n) is 11.0. The van der Waals surface area contributed by atoms with Crippen molar-refractivity contribution in [1.82, 2.24) is 20.4 Å². The van der Waals surface area contributed by atoms with Crippen molar-refractivity contribution < 1.29 is 4.79 Å². The molecule has 2 atom stereocenters. The maximum atomic E-state index is 11.8. The van der Waals surface area contributed by atoms with Gasteiger partial charge in [-0.25, -0.2) is 4.79 Å². The molecule has 0 spiro atoms. The molecule has 0 saturated carbocycles.